The van der Waals surface area contributed by atoms with E-state index in [4.69, 9.17) is 0 Å². The van der Waals surface area contributed by atoms with Gasteiger partial charge in [0, 0.05) is 11.2 Å². The van der Waals surface area contributed by atoms with Crippen LogP contribution < -0.4 is 0 Å². The highest BCUT2D eigenvalue weighted by Crippen LogP contribution is 2.33. The van der Waals surface area contributed by atoms with Gasteiger partial charge in [-0.2, -0.15) is 13.2 Å². The summed E-state index contributed by atoms with van der Waals surface area (Å²) in [5.74, 6) is -0.671. The van der Waals surface area contributed by atoms with Crippen molar-refractivity contribution in [2.75, 3.05) is 13.1 Å². The second-order valence-electron chi connectivity index (χ2n) is 5.86. The summed E-state index contributed by atoms with van der Waals surface area (Å²) in [6.45, 7) is 1.96. The zero-order valence-electron chi connectivity index (χ0n) is 12.0. The third kappa shape index (κ3) is 3.29. The van der Waals surface area contributed by atoms with Crippen LogP contribution in [0.3, 0.4) is 0 Å². The molecule has 3 rings (SSSR count). The van der Waals surface area contributed by atoms with Crippen molar-refractivity contribution in [3.05, 3.63) is 35.2 Å². The Hall–Kier alpha value is -1.11. The molecule has 1 aromatic carbocycles. The van der Waals surface area contributed by atoms with Crippen molar-refractivity contribution in [1.82, 2.24) is 4.90 Å². The van der Waals surface area contributed by atoms with Crippen LogP contribution in [0.2, 0.25) is 0 Å². The molecular weight excluding hydrogens is 311 g/mol. The monoisotopic (exact) mass is 329 g/mol. The lowest BCUT2D eigenvalue weighted by molar-refractivity contribution is -0.223. The van der Waals surface area contributed by atoms with Crippen LogP contribution in [0.15, 0.2) is 29.6 Å². The van der Waals surface area contributed by atoms with Crippen molar-refractivity contribution in [2.24, 2.45) is 5.92 Å². The van der Waals surface area contributed by atoms with E-state index >= 15 is 0 Å². The van der Waals surface area contributed by atoms with E-state index in [1.807, 2.05) is 12.1 Å². The van der Waals surface area contributed by atoms with E-state index in [-0.39, 0.29) is 0 Å². The molecule has 1 aliphatic heterocycles. The molecule has 1 aromatic heterocycles. The fraction of sp³-hybridized carbons (Fsp3) is 0.500. The maximum Gasteiger partial charge on any atom is 0.414 e. The van der Waals surface area contributed by atoms with E-state index in [1.165, 1.54) is 15.6 Å². The fourth-order valence-corrected chi connectivity index (χ4v) is 4.04. The quantitative estimate of drug-likeness (QED) is 0.919. The zero-order valence-corrected chi connectivity index (χ0v) is 12.8. The number of hydrogen-bond acceptors (Lipinski definition) is 3. The number of likely N-dealkylation sites (tertiary alicyclic amines) is 1. The number of piperidine rings is 1. The first-order chi connectivity index (χ1) is 10.4. The molecule has 120 valence electrons. The number of aliphatic hydroxyl groups excluding tert-OH is 1. The number of alkyl halides is 3. The normalized spacial score (nSPS) is 19.6. The second kappa shape index (κ2) is 6.18. The van der Waals surface area contributed by atoms with Gasteiger partial charge in [-0.3, -0.25) is 4.90 Å². The van der Waals surface area contributed by atoms with Crippen LogP contribution in [0.1, 0.15) is 18.4 Å². The Labute approximate surface area is 131 Å². The number of fused-ring (bicyclic) bond motifs is 1. The van der Waals surface area contributed by atoms with Crippen LogP contribution in [0.4, 0.5) is 13.2 Å². The minimum atomic E-state index is -4.50. The van der Waals surface area contributed by atoms with Gasteiger partial charge >= 0.3 is 6.18 Å². The van der Waals surface area contributed by atoms with Gasteiger partial charge in [0.2, 0.25) is 0 Å². The van der Waals surface area contributed by atoms with Gasteiger partial charge in [-0.15, -0.1) is 11.3 Å². The Morgan fingerprint density at radius 3 is 2.59 bits per heavy atom. The zero-order chi connectivity index (χ0) is 15.7. The number of aliphatic hydroxyl groups is 1. The van der Waals surface area contributed by atoms with Crippen LogP contribution in [0.25, 0.3) is 10.1 Å². The lowest BCUT2D eigenvalue weighted by atomic mass is 9.90. The third-order valence-corrected chi connectivity index (χ3v) is 5.38. The van der Waals surface area contributed by atoms with Crippen molar-refractivity contribution in [2.45, 2.75) is 31.7 Å². The second-order valence-corrected chi connectivity index (χ2v) is 6.77. The Morgan fingerprint density at radius 1 is 1.23 bits per heavy atom. The maximum atomic E-state index is 12.5. The Morgan fingerprint density at radius 2 is 1.91 bits per heavy atom. The van der Waals surface area contributed by atoms with Gasteiger partial charge in [-0.05, 0) is 54.2 Å². The van der Waals surface area contributed by atoms with Gasteiger partial charge in [-0.1, -0.05) is 18.2 Å². The van der Waals surface area contributed by atoms with Crippen molar-refractivity contribution < 1.29 is 18.3 Å². The highest BCUT2D eigenvalue weighted by molar-refractivity contribution is 7.17. The van der Waals surface area contributed by atoms with Crippen LogP contribution in [0, 0.1) is 5.92 Å². The third-order valence-electron chi connectivity index (χ3n) is 4.37. The molecule has 2 heterocycles. The minimum Gasteiger partial charge on any atom is -0.383 e. The molecule has 0 bridgehead atoms. The average Bonchev–Trinajstić information content (AvgIpc) is 2.90. The molecule has 2 nitrogen and oxygen atoms in total. The van der Waals surface area contributed by atoms with Crippen molar-refractivity contribution in [3.8, 4) is 0 Å². The van der Waals surface area contributed by atoms with Gasteiger partial charge in [0.05, 0.1) is 0 Å². The molecule has 0 amide bonds. The SMILES string of the molecule is OC(C1CCN(Cc2csc3ccccc23)CC1)C(F)(F)F. The maximum absolute atomic E-state index is 12.5. The number of rotatable bonds is 3. The van der Waals surface area contributed by atoms with E-state index in [0.717, 1.165) is 6.54 Å². The van der Waals surface area contributed by atoms with Crippen molar-refractivity contribution in [3.63, 3.8) is 0 Å². The van der Waals surface area contributed by atoms with Crippen molar-refractivity contribution in [1.29, 1.82) is 0 Å². The van der Waals surface area contributed by atoms with Gasteiger partial charge in [0.15, 0.2) is 6.10 Å². The number of benzene rings is 1. The van der Waals surface area contributed by atoms with Gasteiger partial charge in [0.25, 0.3) is 0 Å². The molecular formula is C16H18F3NOS. The predicted molar refractivity (Wildman–Crippen MR) is 81.9 cm³/mol. The first kappa shape index (κ1) is 15.8. The first-order valence-corrected chi connectivity index (χ1v) is 8.25. The fourth-order valence-electron chi connectivity index (χ4n) is 3.09. The molecule has 1 N–H and O–H groups in total. The molecule has 0 spiro atoms. The molecule has 2 aromatic rings. The summed E-state index contributed by atoms with van der Waals surface area (Å²) in [6, 6.07) is 8.17. The summed E-state index contributed by atoms with van der Waals surface area (Å²) in [5.41, 5.74) is 1.23. The lowest BCUT2D eigenvalue weighted by Gasteiger charge is -2.34. The summed E-state index contributed by atoms with van der Waals surface area (Å²) in [7, 11) is 0. The minimum absolute atomic E-state index is 0.392. The van der Waals surface area contributed by atoms with E-state index in [0.29, 0.717) is 25.9 Å². The van der Waals surface area contributed by atoms with Crippen LogP contribution in [0.5, 0.6) is 0 Å². The Balaban J connectivity index is 1.60. The van der Waals surface area contributed by atoms with Crippen LogP contribution in [-0.4, -0.2) is 35.4 Å². The molecule has 1 unspecified atom stereocenters. The van der Waals surface area contributed by atoms with E-state index in [9.17, 15) is 18.3 Å². The number of nitrogens with zero attached hydrogens (tertiary/aromatic N) is 1. The predicted octanol–water partition coefficient (Wildman–Crippen LogP) is 4.04. The smallest absolute Gasteiger partial charge is 0.383 e. The highest BCUT2D eigenvalue weighted by Gasteiger charge is 2.44. The van der Waals surface area contributed by atoms with Gasteiger partial charge in [0.1, 0.15) is 0 Å². The summed E-state index contributed by atoms with van der Waals surface area (Å²) in [4.78, 5) is 2.17. The molecule has 1 saturated heterocycles. The molecule has 6 heteroatoms. The van der Waals surface area contributed by atoms with E-state index in [1.54, 1.807) is 11.3 Å². The average molecular weight is 329 g/mol. The Kier molecular flexibility index (Phi) is 4.43. The van der Waals surface area contributed by atoms with Crippen LogP contribution >= 0.6 is 11.3 Å². The summed E-state index contributed by atoms with van der Waals surface area (Å²) in [5, 5.41) is 12.7. The van der Waals surface area contributed by atoms with E-state index < -0.39 is 18.2 Å². The molecule has 0 saturated carbocycles. The van der Waals surface area contributed by atoms with Gasteiger partial charge in [-0.25, -0.2) is 0 Å². The van der Waals surface area contributed by atoms with Crippen LogP contribution in [-0.2, 0) is 6.54 Å². The van der Waals surface area contributed by atoms with Crippen molar-refractivity contribution >= 4 is 21.4 Å². The lowest BCUT2D eigenvalue weighted by Crippen LogP contribution is -2.43. The van der Waals surface area contributed by atoms with Gasteiger partial charge < -0.3 is 5.11 Å². The molecule has 1 atom stereocenters. The molecule has 0 aliphatic carbocycles. The number of thiophene rings is 1. The molecule has 0 radical (unpaired) electrons. The topological polar surface area (TPSA) is 23.5 Å². The summed E-state index contributed by atoms with van der Waals surface area (Å²) < 4.78 is 38.9. The standard InChI is InChI=1S/C16H18F3NOS/c17-16(18,19)15(21)11-5-7-20(8-6-11)9-12-10-22-14-4-2-1-3-13(12)14/h1-4,10-11,15,21H,5-9H2. The number of halogens is 3. The highest BCUT2D eigenvalue weighted by atomic mass is 32.1. The molecule has 22 heavy (non-hydrogen) atoms. The first-order valence-electron chi connectivity index (χ1n) is 7.37. The number of hydrogen-bond donors (Lipinski definition) is 1. The summed E-state index contributed by atoms with van der Waals surface area (Å²) >= 11 is 1.70. The Bertz CT molecular complexity index is 632. The largest absolute Gasteiger partial charge is 0.414 e. The molecule has 1 aliphatic rings. The summed E-state index contributed by atoms with van der Waals surface area (Å²) in [6.07, 6.45) is -5.90. The van der Waals surface area contributed by atoms with E-state index in [2.05, 4.69) is 22.4 Å². The molecule has 1 fully saturated rings.